The smallest absolute Gasteiger partial charge is 0.155 e. The third-order valence-corrected chi connectivity index (χ3v) is 3.68. The Bertz CT molecular complexity index is 634. The molecule has 3 rings (SSSR count). The number of carbonyl (C=O) groups is 1. The van der Waals surface area contributed by atoms with Crippen LogP contribution in [0.15, 0.2) is 36.5 Å². The standard InChI is InChI=1S/C16H17NO/c1-2-17-11-15(12-6-5-7-13(18)10-12)14-8-3-4-9-16(14)17/h3-4,8-11H,2,5-7H2,1H3. The summed E-state index contributed by atoms with van der Waals surface area (Å²) in [6, 6.07) is 8.43. The molecule has 2 nitrogen and oxygen atoms in total. The monoisotopic (exact) mass is 239 g/mol. The Hall–Kier alpha value is -1.83. The van der Waals surface area contributed by atoms with E-state index < -0.39 is 0 Å². The SMILES string of the molecule is CCn1cc(C2=CC(=O)CCC2)c2ccccc21. The molecule has 2 heteroatoms. The van der Waals surface area contributed by atoms with E-state index in [1.54, 1.807) is 0 Å². The van der Waals surface area contributed by atoms with E-state index in [-0.39, 0.29) is 5.78 Å². The van der Waals surface area contributed by atoms with E-state index in [0.29, 0.717) is 6.42 Å². The fourth-order valence-electron chi connectivity index (χ4n) is 2.77. The van der Waals surface area contributed by atoms with Crippen LogP contribution in [0.25, 0.3) is 16.5 Å². The number of benzene rings is 1. The number of rotatable bonds is 2. The van der Waals surface area contributed by atoms with Gasteiger partial charge in [0.2, 0.25) is 0 Å². The Morgan fingerprint density at radius 3 is 2.83 bits per heavy atom. The Kier molecular flexibility index (Phi) is 2.78. The van der Waals surface area contributed by atoms with Crippen molar-refractivity contribution in [2.75, 3.05) is 0 Å². The number of nitrogens with zero attached hydrogens (tertiary/aromatic N) is 1. The molecular weight excluding hydrogens is 222 g/mol. The topological polar surface area (TPSA) is 22.0 Å². The highest BCUT2D eigenvalue weighted by molar-refractivity contribution is 6.02. The summed E-state index contributed by atoms with van der Waals surface area (Å²) < 4.78 is 2.25. The zero-order valence-electron chi connectivity index (χ0n) is 10.6. The number of ketones is 1. The molecule has 0 atom stereocenters. The summed E-state index contributed by atoms with van der Waals surface area (Å²) >= 11 is 0. The lowest BCUT2D eigenvalue weighted by Gasteiger charge is -2.10. The maximum atomic E-state index is 11.6. The molecule has 1 aromatic carbocycles. The Labute approximate surface area is 107 Å². The predicted molar refractivity (Wildman–Crippen MR) is 74.4 cm³/mol. The number of aromatic nitrogens is 1. The molecule has 0 N–H and O–H groups in total. The number of aryl methyl sites for hydroxylation is 1. The van der Waals surface area contributed by atoms with Crippen molar-refractivity contribution < 1.29 is 4.79 Å². The maximum Gasteiger partial charge on any atom is 0.155 e. The lowest BCUT2D eigenvalue weighted by Crippen LogP contribution is -2.01. The van der Waals surface area contributed by atoms with Gasteiger partial charge in [0, 0.05) is 35.6 Å². The summed E-state index contributed by atoms with van der Waals surface area (Å²) in [5.74, 6) is 0.268. The highest BCUT2D eigenvalue weighted by Gasteiger charge is 2.15. The quantitative estimate of drug-likeness (QED) is 0.781. The van der Waals surface area contributed by atoms with Gasteiger partial charge in [0.1, 0.15) is 0 Å². The molecule has 0 unspecified atom stereocenters. The molecule has 18 heavy (non-hydrogen) atoms. The van der Waals surface area contributed by atoms with E-state index in [1.807, 2.05) is 6.08 Å². The highest BCUT2D eigenvalue weighted by Crippen LogP contribution is 2.32. The molecule has 2 aromatic rings. The van der Waals surface area contributed by atoms with Crippen LogP contribution in [0.4, 0.5) is 0 Å². The van der Waals surface area contributed by atoms with E-state index in [9.17, 15) is 4.79 Å². The number of hydrogen-bond acceptors (Lipinski definition) is 1. The average molecular weight is 239 g/mol. The van der Waals surface area contributed by atoms with Gasteiger partial charge in [-0.15, -0.1) is 0 Å². The number of para-hydroxylation sites is 1. The molecule has 0 bridgehead atoms. The molecule has 1 aliphatic carbocycles. The lowest BCUT2D eigenvalue weighted by atomic mass is 9.93. The Morgan fingerprint density at radius 1 is 1.22 bits per heavy atom. The molecule has 0 radical (unpaired) electrons. The van der Waals surface area contributed by atoms with E-state index in [2.05, 4.69) is 42.0 Å². The van der Waals surface area contributed by atoms with Crippen LogP contribution in [-0.2, 0) is 11.3 Å². The number of carbonyl (C=O) groups excluding carboxylic acids is 1. The zero-order valence-corrected chi connectivity index (χ0v) is 10.6. The Balaban J connectivity index is 2.20. The first-order valence-corrected chi connectivity index (χ1v) is 6.61. The van der Waals surface area contributed by atoms with Crippen molar-refractivity contribution in [1.82, 2.24) is 4.57 Å². The summed E-state index contributed by atoms with van der Waals surface area (Å²) in [4.78, 5) is 11.6. The summed E-state index contributed by atoms with van der Waals surface area (Å²) in [5.41, 5.74) is 3.70. The van der Waals surface area contributed by atoms with Crippen LogP contribution in [0.1, 0.15) is 31.7 Å². The molecule has 0 aliphatic heterocycles. The van der Waals surface area contributed by atoms with E-state index in [1.165, 1.54) is 22.0 Å². The van der Waals surface area contributed by atoms with Gasteiger partial charge in [-0.05, 0) is 37.5 Å². The number of fused-ring (bicyclic) bond motifs is 1. The van der Waals surface area contributed by atoms with E-state index in [0.717, 1.165) is 19.4 Å². The minimum Gasteiger partial charge on any atom is -0.347 e. The first kappa shape index (κ1) is 11.3. The van der Waals surface area contributed by atoms with Gasteiger partial charge in [-0.25, -0.2) is 0 Å². The van der Waals surface area contributed by atoms with Gasteiger partial charge in [-0.3, -0.25) is 4.79 Å². The van der Waals surface area contributed by atoms with Gasteiger partial charge in [0.05, 0.1) is 0 Å². The van der Waals surface area contributed by atoms with Crippen molar-refractivity contribution in [3.63, 3.8) is 0 Å². The molecular formula is C16H17NO. The largest absolute Gasteiger partial charge is 0.347 e. The minimum atomic E-state index is 0.268. The summed E-state index contributed by atoms with van der Waals surface area (Å²) in [6.07, 6.45) is 6.73. The van der Waals surface area contributed by atoms with E-state index in [4.69, 9.17) is 0 Å². The first-order chi connectivity index (χ1) is 8.79. The molecule has 92 valence electrons. The maximum absolute atomic E-state index is 11.6. The second-order valence-corrected chi connectivity index (χ2v) is 4.84. The molecule has 0 saturated heterocycles. The normalized spacial score (nSPS) is 16.1. The fraction of sp³-hybridized carbons (Fsp3) is 0.312. The third kappa shape index (κ3) is 1.78. The molecule has 0 saturated carbocycles. The second-order valence-electron chi connectivity index (χ2n) is 4.84. The van der Waals surface area contributed by atoms with Crippen molar-refractivity contribution in [3.05, 3.63) is 42.1 Å². The van der Waals surface area contributed by atoms with Crippen molar-refractivity contribution in [2.24, 2.45) is 0 Å². The molecule has 1 aliphatic rings. The van der Waals surface area contributed by atoms with Crippen molar-refractivity contribution in [1.29, 1.82) is 0 Å². The van der Waals surface area contributed by atoms with Gasteiger partial charge >= 0.3 is 0 Å². The van der Waals surface area contributed by atoms with Crippen LogP contribution < -0.4 is 0 Å². The van der Waals surface area contributed by atoms with Gasteiger partial charge in [0.15, 0.2) is 5.78 Å². The van der Waals surface area contributed by atoms with Crippen LogP contribution in [0.5, 0.6) is 0 Å². The molecule has 0 amide bonds. The van der Waals surface area contributed by atoms with Crippen LogP contribution in [0.2, 0.25) is 0 Å². The Morgan fingerprint density at radius 2 is 2.06 bits per heavy atom. The summed E-state index contributed by atoms with van der Waals surface area (Å²) in [5, 5.41) is 1.26. The average Bonchev–Trinajstić information content (AvgIpc) is 2.77. The minimum absolute atomic E-state index is 0.268. The van der Waals surface area contributed by atoms with Crippen molar-refractivity contribution in [2.45, 2.75) is 32.7 Å². The fourth-order valence-corrected chi connectivity index (χ4v) is 2.77. The molecule has 1 heterocycles. The lowest BCUT2D eigenvalue weighted by molar-refractivity contribution is -0.114. The predicted octanol–water partition coefficient (Wildman–Crippen LogP) is 3.80. The first-order valence-electron chi connectivity index (χ1n) is 6.61. The van der Waals surface area contributed by atoms with Crippen molar-refractivity contribution >= 4 is 22.3 Å². The number of hydrogen-bond donors (Lipinski definition) is 0. The molecule has 0 spiro atoms. The van der Waals surface area contributed by atoms with Crippen LogP contribution in [-0.4, -0.2) is 10.4 Å². The van der Waals surface area contributed by atoms with Crippen LogP contribution in [0, 0.1) is 0 Å². The highest BCUT2D eigenvalue weighted by atomic mass is 16.1. The van der Waals surface area contributed by atoms with Crippen LogP contribution >= 0.6 is 0 Å². The molecule has 1 aromatic heterocycles. The van der Waals surface area contributed by atoms with Crippen molar-refractivity contribution in [3.8, 4) is 0 Å². The van der Waals surface area contributed by atoms with Gasteiger partial charge in [-0.1, -0.05) is 18.2 Å². The summed E-state index contributed by atoms with van der Waals surface area (Å²) in [7, 11) is 0. The third-order valence-electron chi connectivity index (χ3n) is 3.68. The van der Waals surface area contributed by atoms with Gasteiger partial charge in [-0.2, -0.15) is 0 Å². The molecule has 0 fully saturated rings. The second kappa shape index (κ2) is 4.45. The van der Waals surface area contributed by atoms with Crippen LogP contribution in [0.3, 0.4) is 0 Å². The summed E-state index contributed by atoms with van der Waals surface area (Å²) in [6.45, 7) is 3.11. The van der Waals surface area contributed by atoms with Gasteiger partial charge in [0.25, 0.3) is 0 Å². The van der Waals surface area contributed by atoms with Gasteiger partial charge < -0.3 is 4.57 Å². The zero-order chi connectivity index (χ0) is 12.5. The van der Waals surface area contributed by atoms with E-state index >= 15 is 0 Å². The number of allylic oxidation sites excluding steroid dienone is 2.